The van der Waals surface area contributed by atoms with E-state index in [1.54, 1.807) is 32.0 Å². The minimum atomic E-state index is -3.51. The van der Waals surface area contributed by atoms with Crippen LogP contribution in [0.2, 0.25) is 0 Å². The Hall–Kier alpha value is -1.43. The fourth-order valence-corrected chi connectivity index (χ4v) is 2.96. The molecule has 0 spiro atoms. The highest BCUT2D eigenvalue weighted by molar-refractivity contribution is 7.89. The number of benzene rings is 2. The molecule has 0 amide bonds. The van der Waals surface area contributed by atoms with Crippen LogP contribution in [0.15, 0.2) is 47.4 Å². The Morgan fingerprint density at radius 1 is 1.11 bits per heavy atom. The summed E-state index contributed by atoms with van der Waals surface area (Å²) in [5.74, 6) is 0. The van der Waals surface area contributed by atoms with Crippen LogP contribution >= 0.6 is 0 Å². The van der Waals surface area contributed by atoms with Crippen molar-refractivity contribution in [3.8, 4) is 0 Å². The van der Waals surface area contributed by atoms with Gasteiger partial charge >= 0.3 is 0 Å². The molecule has 0 bridgehead atoms. The van der Waals surface area contributed by atoms with E-state index in [4.69, 9.17) is 5.73 Å². The van der Waals surface area contributed by atoms with Crippen molar-refractivity contribution in [2.45, 2.75) is 24.3 Å². The van der Waals surface area contributed by atoms with Gasteiger partial charge in [-0.3, -0.25) is 0 Å². The van der Waals surface area contributed by atoms with E-state index in [0.29, 0.717) is 0 Å². The molecule has 0 saturated heterocycles. The predicted molar refractivity (Wildman–Crippen MR) is 77.4 cm³/mol. The Labute approximate surface area is 113 Å². The maximum Gasteiger partial charge on any atom is 0.240 e. The maximum absolute atomic E-state index is 12.2. The molecule has 0 radical (unpaired) electrons. The van der Waals surface area contributed by atoms with Crippen LogP contribution in [0.4, 0.5) is 0 Å². The largest absolute Gasteiger partial charge is 0.324 e. The zero-order chi connectivity index (χ0) is 14.1. The molecule has 0 saturated carbocycles. The molecule has 102 valence electrons. The van der Waals surface area contributed by atoms with Crippen molar-refractivity contribution in [1.29, 1.82) is 0 Å². The molecule has 0 atom stereocenters. The van der Waals surface area contributed by atoms with Crippen LogP contribution in [-0.4, -0.2) is 20.5 Å². The number of rotatable bonds is 4. The summed E-state index contributed by atoms with van der Waals surface area (Å²) in [7, 11) is -3.51. The molecular weight excluding hydrogens is 260 g/mol. The lowest BCUT2D eigenvalue weighted by molar-refractivity contribution is 0.498. The molecule has 0 aliphatic rings. The predicted octanol–water partition coefficient (Wildman–Crippen LogP) is 1.86. The molecule has 2 aromatic carbocycles. The molecule has 0 heterocycles. The van der Waals surface area contributed by atoms with E-state index in [1.165, 1.54) is 0 Å². The normalized spacial score (nSPS) is 12.8. The van der Waals surface area contributed by atoms with E-state index in [9.17, 15) is 8.42 Å². The molecule has 0 unspecified atom stereocenters. The van der Waals surface area contributed by atoms with Gasteiger partial charge in [0.25, 0.3) is 0 Å². The van der Waals surface area contributed by atoms with Crippen molar-refractivity contribution < 1.29 is 8.42 Å². The van der Waals surface area contributed by atoms with Crippen LogP contribution in [0.1, 0.15) is 13.8 Å². The van der Waals surface area contributed by atoms with Gasteiger partial charge in [0, 0.05) is 12.1 Å². The summed E-state index contributed by atoms with van der Waals surface area (Å²) < 4.78 is 26.8. The van der Waals surface area contributed by atoms with Crippen LogP contribution in [0, 0.1) is 0 Å². The fraction of sp³-hybridized carbons (Fsp3) is 0.286. The Morgan fingerprint density at radius 3 is 2.37 bits per heavy atom. The van der Waals surface area contributed by atoms with Crippen molar-refractivity contribution in [2.75, 3.05) is 6.54 Å². The van der Waals surface area contributed by atoms with Crippen molar-refractivity contribution >= 4 is 20.8 Å². The van der Waals surface area contributed by atoms with E-state index in [1.807, 2.05) is 24.3 Å². The van der Waals surface area contributed by atoms with Gasteiger partial charge < -0.3 is 5.73 Å². The molecule has 0 aliphatic heterocycles. The maximum atomic E-state index is 12.2. The summed E-state index contributed by atoms with van der Waals surface area (Å²) in [6, 6.07) is 12.7. The van der Waals surface area contributed by atoms with Gasteiger partial charge in [0.2, 0.25) is 10.0 Å². The lowest BCUT2D eigenvalue weighted by Crippen LogP contribution is -2.45. The lowest BCUT2D eigenvalue weighted by Gasteiger charge is -2.19. The first kappa shape index (κ1) is 14.0. The molecule has 2 rings (SSSR count). The average molecular weight is 278 g/mol. The number of hydrogen-bond donors (Lipinski definition) is 2. The average Bonchev–Trinajstić information content (AvgIpc) is 2.35. The zero-order valence-corrected chi connectivity index (χ0v) is 11.9. The first-order valence-electron chi connectivity index (χ1n) is 6.05. The Kier molecular flexibility index (Phi) is 3.62. The quantitative estimate of drug-likeness (QED) is 0.896. The van der Waals surface area contributed by atoms with Crippen LogP contribution in [0.3, 0.4) is 0 Å². The lowest BCUT2D eigenvalue weighted by atomic mass is 10.1. The number of fused-ring (bicyclic) bond motifs is 1. The molecule has 19 heavy (non-hydrogen) atoms. The molecule has 0 fully saturated rings. The second kappa shape index (κ2) is 4.92. The van der Waals surface area contributed by atoms with E-state index in [-0.39, 0.29) is 11.4 Å². The third kappa shape index (κ3) is 3.53. The first-order chi connectivity index (χ1) is 8.78. The molecule has 0 aliphatic carbocycles. The second-order valence-corrected chi connectivity index (χ2v) is 7.09. The summed E-state index contributed by atoms with van der Waals surface area (Å²) in [6.07, 6.45) is 0. The Morgan fingerprint density at radius 2 is 1.74 bits per heavy atom. The highest BCUT2D eigenvalue weighted by atomic mass is 32.2. The number of sulfonamides is 1. The van der Waals surface area contributed by atoms with Crippen LogP contribution in [0.25, 0.3) is 10.8 Å². The van der Waals surface area contributed by atoms with E-state index in [0.717, 1.165) is 10.8 Å². The summed E-state index contributed by atoms with van der Waals surface area (Å²) in [4.78, 5) is 0.260. The number of nitrogens with one attached hydrogen (secondary N) is 1. The monoisotopic (exact) mass is 278 g/mol. The summed E-state index contributed by atoms with van der Waals surface area (Å²) in [5.41, 5.74) is 5.20. The van der Waals surface area contributed by atoms with Crippen molar-refractivity contribution in [2.24, 2.45) is 5.73 Å². The van der Waals surface area contributed by atoms with Crippen molar-refractivity contribution in [3.05, 3.63) is 42.5 Å². The minimum absolute atomic E-state index is 0.197. The minimum Gasteiger partial charge on any atom is -0.324 e. The molecule has 2 aromatic rings. The second-order valence-electron chi connectivity index (χ2n) is 5.32. The van der Waals surface area contributed by atoms with Crippen molar-refractivity contribution in [1.82, 2.24) is 4.72 Å². The van der Waals surface area contributed by atoms with E-state index < -0.39 is 15.6 Å². The van der Waals surface area contributed by atoms with Gasteiger partial charge in [-0.2, -0.15) is 0 Å². The van der Waals surface area contributed by atoms with E-state index >= 15 is 0 Å². The van der Waals surface area contributed by atoms with E-state index in [2.05, 4.69) is 4.72 Å². The van der Waals surface area contributed by atoms with Gasteiger partial charge in [0.1, 0.15) is 0 Å². The SMILES string of the molecule is CC(C)(N)CNS(=O)(=O)c1ccc2ccccc2c1. The van der Waals surface area contributed by atoms with Crippen molar-refractivity contribution in [3.63, 3.8) is 0 Å². The molecule has 5 heteroatoms. The topological polar surface area (TPSA) is 72.2 Å². The Balaban J connectivity index is 2.32. The summed E-state index contributed by atoms with van der Waals surface area (Å²) in [6.45, 7) is 3.74. The van der Waals surface area contributed by atoms with Gasteiger partial charge in [-0.1, -0.05) is 30.3 Å². The smallest absolute Gasteiger partial charge is 0.240 e. The summed E-state index contributed by atoms with van der Waals surface area (Å²) >= 11 is 0. The molecule has 0 aromatic heterocycles. The first-order valence-corrected chi connectivity index (χ1v) is 7.54. The van der Waals surface area contributed by atoms with Gasteiger partial charge in [0.05, 0.1) is 4.90 Å². The van der Waals surface area contributed by atoms with Crippen LogP contribution in [-0.2, 0) is 10.0 Å². The van der Waals surface area contributed by atoms with Gasteiger partial charge in [0.15, 0.2) is 0 Å². The molecule has 4 nitrogen and oxygen atoms in total. The van der Waals surface area contributed by atoms with Gasteiger partial charge in [-0.15, -0.1) is 0 Å². The fourth-order valence-electron chi connectivity index (χ4n) is 1.70. The van der Waals surface area contributed by atoms with Gasteiger partial charge in [-0.25, -0.2) is 13.1 Å². The highest BCUT2D eigenvalue weighted by Gasteiger charge is 2.18. The van der Waals surface area contributed by atoms with Gasteiger partial charge in [-0.05, 0) is 36.8 Å². The molecular formula is C14H18N2O2S. The summed E-state index contributed by atoms with van der Waals surface area (Å²) in [5, 5.41) is 1.91. The van der Waals surface area contributed by atoms with Crippen LogP contribution in [0.5, 0.6) is 0 Å². The number of nitrogens with two attached hydrogens (primary N) is 1. The zero-order valence-electron chi connectivity index (χ0n) is 11.1. The van der Waals surface area contributed by atoms with Crippen LogP contribution < -0.4 is 10.5 Å². The Bertz CT molecular complexity index is 688. The third-order valence-corrected chi connectivity index (χ3v) is 4.15. The standard InChI is InChI=1S/C14H18N2O2S/c1-14(2,15)10-16-19(17,18)13-8-7-11-5-3-4-6-12(11)9-13/h3-9,16H,10,15H2,1-2H3. The third-order valence-electron chi connectivity index (χ3n) is 2.75. The number of hydrogen-bond acceptors (Lipinski definition) is 3. The molecule has 3 N–H and O–H groups in total. The highest BCUT2D eigenvalue weighted by Crippen LogP contribution is 2.18.